The second kappa shape index (κ2) is 5.40. The number of ether oxygens (including phenoxy) is 2. The molecule has 0 saturated carbocycles. The first-order valence-electron chi connectivity index (χ1n) is 5.19. The van der Waals surface area contributed by atoms with Crippen molar-refractivity contribution >= 4 is 0 Å². The van der Waals surface area contributed by atoms with Gasteiger partial charge in [0, 0.05) is 13.0 Å². The molecule has 0 radical (unpaired) electrons. The van der Waals surface area contributed by atoms with Gasteiger partial charge in [-0.2, -0.15) is 0 Å². The van der Waals surface area contributed by atoms with E-state index in [0.29, 0.717) is 11.8 Å². The molecule has 0 amide bonds. The third-order valence-corrected chi connectivity index (χ3v) is 2.82. The minimum atomic E-state index is -0.240. The first-order chi connectivity index (χ1) is 6.37. The maximum Gasteiger partial charge on any atom is 0.0969 e. The maximum atomic E-state index is 5.53. The van der Waals surface area contributed by atoms with Crippen LogP contribution in [0.15, 0.2) is 11.8 Å². The Balaban J connectivity index is 4.87. The number of hydrogen-bond acceptors (Lipinski definition) is 2. The molecule has 0 saturated heterocycles. The molecule has 1 unspecified atom stereocenters. The van der Waals surface area contributed by atoms with E-state index in [9.17, 15) is 0 Å². The Labute approximate surface area is 88.3 Å². The van der Waals surface area contributed by atoms with Crippen molar-refractivity contribution in [2.24, 2.45) is 11.8 Å². The van der Waals surface area contributed by atoms with E-state index < -0.39 is 0 Å². The van der Waals surface area contributed by atoms with Gasteiger partial charge in [0.1, 0.15) is 0 Å². The van der Waals surface area contributed by atoms with Crippen molar-refractivity contribution in [2.75, 3.05) is 14.2 Å². The van der Waals surface area contributed by atoms with Crippen LogP contribution < -0.4 is 0 Å². The van der Waals surface area contributed by atoms with Gasteiger partial charge >= 0.3 is 0 Å². The maximum absolute atomic E-state index is 5.53. The minimum Gasteiger partial charge on any atom is -0.501 e. The Hall–Kier alpha value is -0.500. The minimum absolute atomic E-state index is 0.240. The van der Waals surface area contributed by atoms with Crippen molar-refractivity contribution in [3.05, 3.63) is 11.8 Å². The van der Waals surface area contributed by atoms with Gasteiger partial charge in [-0.05, 0) is 18.9 Å². The highest BCUT2D eigenvalue weighted by Crippen LogP contribution is 2.26. The van der Waals surface area contributed by atoms with Crippen molar-refractivity contribution in [2.45, 2.75) is 40.2 Å². The fourth-order valence-corrected chi connectivity index (χ4v) is 1.21. The van der Waals surface area contributed by atoms with Crippen LogP contribution in [0.5, 0.6) is 0 Å². The highest BCUT2D eigenvalue weighted by Gasteiger charge is 2.26. The van der Waals surface area contributed by atoms with Crippen LogP contribution in [-0.2, 0) is 9.47 Å². The van der Waals surface area contributed by atoms with Gasteiger partial charge in [-0.15, -0.1) is 0 Å². The molecule has 0 bridgehead atoms. The van der Waals surface area contributed by atoms with Crippen LogP contribution in [-0.4, -0.2) is 19.8 Å². The van der Waals surface area contributed by atoms with E-state index in [4.69, 9.17) is 9.47 Å². The van der Waals surface area contributed by atoms with Crippen molar-refractivity contribution < 1.29 is 9.47 Å². The largest absolute Gasteiger partial charge is 0.501 e. The lowest BCUT2D eigenvalue weighted by atomic mass is 9.90. The van der Waals surface area contributed by atoms with E-state index in [-0.39, 0.29) is 5.60 Å². The Morgan fingerprint density at radius 2 is 1.64 bits per heavy atom. The van der Waals surface area contributed by atoms with Crippen molar-refractivity contribution in [1.29, 1.82) is 0 Å². The third-order valence-electron chi connectivity index (χ3n) is 2.82. The van der Waals surface area contributed by atoms with Crippen LogP contribution >= 0.6 is 0 Å². The SMILES string of the molecule is CO/C(=C\C(C)(OC)C(C)C)C(C)C. The highest BCUT2D eigenvalue weighted by atomic mass is 16.5. The van der Waals surface area contributed by atoms with Gasteiger partial charge in [0.05, 0.1) is 18.5 Å². The second-order valence-electron chi connectivity index (χ2n) is 4.45. The molecular weight excluding hydrogens is 176 g/mol. The van der Waals surface area contributed by atoms with Gasteiger partial charge in [0.2, 0.25) is 0 Å². The van der Waals surface area contributed by atoms with Gasteiger partial charge in [-0.1, -0.05) is 27.7 Å². The molecule has 0 rings (SSSR count). The first kappa shape index (κ1) is 13.5. The second-order valence-corrected chi connectivity index (χ2v) is 4.45. The summed E-state index contributed by atoms with van der Waals surface area (Å²) in [7, 11) is 3.45. The molecule has 14 heavy (non-hydrogen) atoms. The lowest BCUT2D eigenvalue weighted by molar-refractivity contribution is 0.00595. The molecule has 0 fully saturated rings. The number of rotatable bonds is 5. The Morgan fingerprint density at radius 1 is 1.14 bits per heavy atom. The average molecular weight is 200 g/mol. The van der Waals surface area contributed by atoms with E-state index in [0.717, 1.165) is 5.76 Å². The fraction of sp³-hybridized carbons (Fsp3) is 0.833. The van der Waals surface area contributed by atoms with Gasteiger partial charge < -0.3 is 9.47 Å². The summed E-state index contributed by atoms with van der Waals surface area (Å²) in [6.07, 6.45) is 2.09. The molecule has 1 atom stereocenters. The quantitative estimate of drug-likeness (QED) is 0.634. The molecule has 0 N–H and O–H groups in total. The summed E-state index contributed by atoms with van der Waals surface area (Å²) >= 11 is 0. The monoisotopic (exact) mass is 200 g/mol. The van der Waals surface area contributed by atoms with Gasteiger partial charge in [0.15, 0.2) is 0 Å². The predicted molar refractivity (Wildman–Crippen MR) is 60.2 cm³/mol. The van der Waals surface area contributed by atoms with E-state index in [2.05, 4.69) is 40.7 Å². The third kappa shape index (κ3) is 3.33. The zero-order valence-electron chi connectivity index (χ0n) is 10.5. The molecule has 84 valence electrons. The summed E-state index contributed by atoms with van der Waals surface area (Å²) in [5, 5.41) is 0. The Kier molecular flexibility index (Phi) is 5.21. The normalized spacial score (nSPS) is 17.4. The summed E-state index contributed by atoms with van der Waals surface area (Å²) in [6.45, 7) is 10.6. The predicted octanol–water partition coefficient (Wildman–Crippen LogP) is 3.23. The highest BCUT2D eigenvalue weighted by molar-refractivity contribution is 5.08. The van der Waals surface area contributed by atoms with Gasteiger partial charge in [-0.25, -0.2) is 0 Å². The van der Waals surface area contributed by atoms with E-state index >= 15 is 0 Å². The van der Waals surface area contributed by atoms with Crippen molar-refractivity contribution in [3.8, 4) is 0 Å². The molecule has 0 aliphatic heterocycles. The summed E-state index contributed by atoms with van der Waals surface area (Å²) in [4.78, 5) is 0. The molecule has 0 aromatic rings. The fourth-order valence-electron chi connectivity index (χ4n) is 1.21. The van der Waals surface area contributed by atoms with Gasteiger partial charge in [0.25, 0.3) is 0 Å². The zero-order valence-corrected chi connectivity index (χ0v) is 10.5. The smallest absolute Gasteiger partial charge is 0.0969 e. The standard InChI is InChI=1S/C12H24O2/c1-9(2)11(13-6)8-12(5,14-7)10(3)4/h8-10H,1-7H3/b11-8-. The molecule has 2 nitrogen and oxygen atoms in total. The van der Waals surface area contributed by atoms with Crippen LogP contribution in [0.4, 0.5) is 0 Å². The zero-order chi connectivity index (χ0) is 11.4. The van der Waals surface area contributed by atoms with E-state index in [1.165, 1.54) is 0 Å². The van der Waals surface area contributed by atoms with Crippen molar-refractivity contribution in [3.63, 3.8) is 0 Å². The molecular formula is C12H24O2. The topological polar surface area (TPSA) is 18.5 Å². The summed E-state index contributed by atoms with van der Waals surface area (Å²) < 4.78 is 10.9. The number of hydrogen-bond donors (Lipinski definition) is 0. The van der Waals surface area contributed by atoms with Crippen LogP contribution in [0.1, 0.15) is 34.6 Å². The van der Waals surface area contributed by atoms with Crippen molar-refractivity contribution in [1.82, 2.24) is 0 Å². The van der Waals surface area contributed by atoms with E-state index in [1.807, 2.05) is 0 Å². The lowest BCUT2D eigenvalue weighted by Gasteiger charge is -2.30. The Morgan fingerprint density at radius 3 is 1.86 bits per heavy atom. The molecule has 0 aliphatic rings. The van der Waals surface area contributed by atoms with Gasteiger partial charge in [-0.3, -0.25) is 0 Å². The van der Waals surface area contributed by atoms with Crippen LogP contribution in [0.25, 0.3) is 0 Å². The molecule has 2 heteroatoms. The molecule has 0 aliphatic carbocycles. The molecule has 0 heterocycles. The lowest BCUT2D eigenvalue weighted by Crippen LogP contribution is -2.32. The van der Waals surface area contributed by atoms with Crippen LogP contribution in [0.3, 0.4) is 0 Å². The molecule has 0 spiro atoms. The molecule has 0 aromatic carbocycles. The average Bonchev–Trinajstić information content (AvgIpc) is 2.12. The molecule has 0 aromatic heterocycles. The first-order valence-corrected chi connectivity index (χ1v) is 5.19. The van der Waals surface area contributed by atoms with E-state index in [1.54, 1.807) is 14.2 Å². The van der Waals surface area contributed by atoms with Crippen LogP contribution in [0.2, 0.25) is 0 Å². The summed E-state index contributed by atoms with van der Waals surface area (Å²) in [6, 6.07) is 0. The number of allylic oxidation sites excluding steroid dienone is 1. The Bertz CT molecular complexity index is 194. The number of methoxy groups -OCH3 is 2. The summed E-state index contributed by atoms with van der Waals surface area (Å²) in [5.41, 5.74) is -0.240. The summed E-state index contributed by atoms with van der Waals surface area (Å²) in [5.74, 6) is 1.81. The van der Waals surface area contributed by atoms with Crippen LogP contribution in [0, 0.1) is 11.8 Å².